The second-order valence-corrected chi connectivity index (χ2v) is 2.38. The van der Waals surface area contributed by atoms with Gasteiger partial charge in [-0.25, -0.2) is 0 Å². The van der Waals surface area contributed by atoms with Crippen molar-refractivity contribution in [3.63, 3.8) is 0 Å². The quantitative estimate of drug-likeness (QED) is 0.585. The second kappa shape index (κ2) is 2.20. The fraction of sp³-hybridized carbons (Fsp3) is 0. The summed E-state index contributed by atoms with van der Waals surface area (Å²) >= 11 is 0. The van der Waals surface area contributed by atoms with Gasteiger partial charge in [-0.15, -0.1) is 0 Å². The van der Waals surface area contributed by atoms with E-state index in [1.54, 1.807) is 4.68 Å². The van der Waals surface area contributed by atoms with Crippen molar-refractivity contribution >= 4 is 0 Å². The Morgan fingerprint density at radius 2 is 2.18 bits per heavy atom. The molecule has 2 rings (SSSR count). The van der Waals surface area contributed by atoms with Crippen LogP contribution < -0.4 is 5.84 Å². The van der Waals surface area contributed by atoms with Crippen molar-refractivity contribution in [3.8, 4) is 11.4 Å². The van der Waals surface area contributed by atoms with Gasteiger partial charge in [-0.2, -0.15) is 0 Å². The molecule has 2 aromatic rings. The van der Waals surface area contributed by atoms with Crippen molar-refractivity contribution < 1.29 is 0 Å². The molecule has 11 heavy (non-hydrogen) atoms. The molecule has 2 heterocycles. The van der Waals surface area contributed by atoms with Crippen molar-refractivity contribution in [2.45, 2.75) is 0 Å². The lowest BCUT2D eigenvalue weighted by atomic mass is 10.3. The maximum atomic E-state index is 5.63. The molecule has 0 aliphatic carbocycles. The zero-order valence-electron chi connectivity index (χ0n) is 5.99. The maximum Gasteiger partial charge on any atom is 0.0852 e. The van der Waals surface area contributed by atoms with Gasteiger partial charge in [0, 0.05) is 12.4 Å². The fourth-order valence-corrected chi connectivity index (χ4v) is 1.11. The minimum Gasteiger partial charge on any atom is -0.360 e. The van der Waals surface area contributed by atoms with E-state index in [2.05, 4.69) is 4.98 Å². The van der Waals surface area contributed by atoms with Gasteiger partial charge in [-0.05, 0) is 24.3 Å². The number of hydrogen-bond acceptors (Lipinski definition) is 1. The Balaban J connectivity index is 2.53. The third-order valence-corrected chi connectivity index (χ3v) is 1.65. The van der Waals surface area contributed by atoms with Crippen molar-refractivity contribution in [2.24, 2.45) is 0 Å². The number of nitrogens with zero attached hydrogens (tertiary/aromatic N) is 1. The predicted octanol–water partition coefficient (Wildman–Crippen LogP) is 1.20. The average Bonchev–Trinajstić information content (AvgIpc) is 2.55. The summed E-state index contributed by atoms with van der Waals surface area (Å²) in [5, 5.41) is 0. The molecule has 3 N–H and O–H groups in total. The van der Waals surface area contributed by atoms with Crippen molar-refractivity contribution in [1.82, 2.24) is 9.66 Å². The molecule has 0 aliphatic heterocycles. The highest BCUT2D eigenvalue weighted by Crippen LogP contribution is 2.14. The Morgan fingerprint density at radius 3 is 2.73 bits per heavy atom. The summed E-state index contributed by atoms with van der Waals surface area (Å²) in [6, 6.07) is 7.81. The van der Waals surface area contributed by atoms with Crippen LogP contribution >= 0.6 is 0 Å². The van der Waals surface area contributed by atoms with Gasteiger partial charge in [-0.1, -0.05) is 0 Å². The van der Waals surface area contributed by atoms with Gasteiger partial charge in [0.05, 0.1) is 11.4 Å². The molecule has 3 nitrogen and oxygen atoms in total. The lowest BCUT2D eigenvalue weighted by Gasteiger charge is -1.98. The molecule has 0 bridgehead atoms. The number of H-pyrrole nitrogens is 1. The predicted molar refractivity (Wildman–Crippen MR) is 44.4 cm³/mol. The molecule has 0 radical (unpaired) electrons. The van der Waals surface area contributed by atoms with Gasteiger partial charge < -0.3 is 10.8 Å². The molecular weight excluding hydrogens is 138 g/mol. The van der Waals surface area contributed by atoms with E-state index in [1.807, 2.05) is 36.7 Å². The van der Waals surface area contributed by atoms with Crippen LogP contribution in [0.5, 0.6) is 0 Å². The van der Waals surface area contributed by atoms with Crippen LogP contribution in [0.3, 0.4) is 0 Å². The lowest BCUT2D eigenvalue weighted by molar-refractivity contribution is 1.02. The van der Waals surface area contributed by atoms with E-state index < -0.39 is 0 Å². The van der Waals surface area contributed by atoms with Crippen LogP contribution in [0.2, 0.25) is 0 Å². The van der Waals surface area contributed by atoms with E-state index in [1.165, 1.54) is 0 Å². The van der Waals surface area contributed by atoms with Crippen LogP contribution in [0.4, 0.5) is 0 Å². The topological polar surface area (TPSA) is 46.7 Å². The molecule has 2 aromatic heterocycles. The monoisotopic (exact) mass is 147 g/mol. The van der Waals surface area contributed by atoms with Crippen LogP contribution in [-0.2, 0) is 0 Å². The zero-order chi connectivity index (χ0) is 7.68. The molecule has 0 atom stereocenters. The highest BCUT2D eigenvalue weighted by molar-refractivity contribution is 5.55. The smallest absolute Gasteiger partial charge is 0.0852 e. The number of nitrogens with one attached hydrogen (secondary N) is 1. The van der Waals surface area contributed by atoms with E-state index in [0.29, 0.717) is 0 Å². The normalized spacial score (nSPS) is 10.2. The van der Waals surface area contributed by atoms with Gasteiger partial charge in [0.15, 0.2) is 0 Å². The summed E-state index contributed by atoms with van der Waals surface area (Å²) < 4.78 is 1.59. The molecule has 0 fully saturated rings. The molecule has 0 spiro atoms. The van der Waals surface area contributed by atoms with E-state index in [4.69, 9.17) is 5.84 Å². The molecule has 3 heteroatoms. The Bertz CT molecular complexity index is 332. The second-order valence-electron chi connectivity index (χ2n) is 2.38. The third kappa shape index (κ3) is 0.902. The molecule has 0 unspecified atom stereocenters. The third-order valence-electron chi connectivity index (χ3n) is 1.65. The van der Waals surface area contributed by atoms with Crippen LogP contribution in [0.1, 0.15) is 0 Å². The molecular formula is C8H9N3. The Labute approximate surface area is 64.4 Å². The first-order valence-corrected chi connectivity index (χ1v) is 3.44. The number of nitrogen functional groups attached to an aromatic ring is 1. The average molecular weight is 147 g/mol. The van der Waals surface area contributed by atoms with Crippen molar-refractivity contribution in [3.05, 3.63) is 36.7 Å². The van der Waals surface area contributed by atoms with E-state index >= 15 is 0 Å². The molecule has 56 valence electrons. The molecule has 0 aliphatic rings. The molecule has 0 aromatic carbocycles. The van der Waals surface area contributed by atoms with E-state index in [-0.39, 0.29) is 0 Å². The largest absolute Gasteiger partial charge is 0.360 e. The number of hydrogen-bond donors (Lipinski definition) is 2. The highest BCUT2D eigenvalue weighted by Gasteiger charge is 1.99. The molecule has 0 amide bonds. The Morgan fingerprint density at radius 1 is 1.27 bits per heavy atom. The SMILES string of the molecule is Nn1cccc1-c1ccc[nH]1. The summed E-state index contributed by atoms with van der Waals surface area (Å²) in [6.45, 7) is 0. The first-order valence-electron chi connectivity index (χ1n) is 3.44. The summed E-state index contributed by atoms with van der Waals surface area (Å²) in [7, 11) is 0. The Hall–Kier alpha value is -1.64. The molecule has 0 saturated heterocycles. The van der Waals surface area contributed by atoms with Gasteiger partial charge in [-0.3, -0.25) is 4.68 Å². The summed E-state index contributed by atoms with van der Waals surface area (Å²) in [6.07, 6.45) is 3.69. The number of rotatable bonds is 1. The number of aromatic amines is 1. The first-order chi connectivity index (χ1) is 5.38. The summed E-state index contributed by atoms with van der Waals surface area (Å²) in [5.74, 6) is 5.63. The standard InChI is InChI=1S/C8H9N3/c9-11-6-2-4-8(11)7-3-1-5-10-7/h1-6,10H,9H2. The van der Waals surface area contributed by atoms with Crippen LogP contribution in [0.15, 0.2) is 36.7 Å². The maximum absolute atomic E-state index is 5.63. The van der Waals surface area contributed by atoms with E-state index in [0.717, 1.165) is 11.4 Å². The number of nitrogens with two attached hydrogens (primary N) is 1. The summed E-state index contributed by atoms with van der Waals surface area (Å²) in [5.41, 5.74) is 2.03. The minimum absolute atomic E-state index is 0.995. The van der Waals surface area contributed by atoms with E-state index in [9.17, 15) is 0 Å². The molecule has 0 saturated carbocycles. The van der Waals surface area contributed by atoms with Gasteiger partial charge in [0.25, 0.3) is 0 Å². The van der Waals surface area contributed by atoms with Crippen LogP contribution in [0.25, 0.3) is 11.4 Å². The van der Waals surface area contributed by atoms with Gasteiger partial charge >= 0.3 is 0 Å². The highest BCUT2D eigenvalue weighted by atomic mass is 15.3. The summed E-state index contributed by atoms with van der Waals surface area (Å²) in [4.78, 5) is 3.08. The van der Waals surface area contributed by atoms with Gasteiger partial charge in [0.2, 0.25) is 0 Å². The lowest BCUT2D eigenvalue weighted by Crippen LogP contribution is -2.07. The van der Waals surface area contributed by atoms with Crippen LogP contribution in [0, 0.1) is 0 Å². The van der Waals surface area contributed by atoms with Crippen molar-refractivity contribution in [2.75, 3.05) is 5.84 Å². The van der Waals surface area contributed by atoms with Gasteiger partial charge in [0.1, 0.15) is 0 Å². The Kier molecular flexibility index (Phi) is 1.22. The first kappa shape index (κ1) is 6.09. The van der Waals surface area contributed by atoms with Crippen LogP contribution in [-0.4, -0.2) is 9.66 Å². The zero-order valence-corrected chi connectivity index (χ0v) is 5.99. The number of aromatic nitrogens is 2. The fourth-order valence-electron chi connectivity index (χ4n) is 1.11. The minimum atomic E-state index is 0.995. The van der Waals surface area contributed by atoms with Crippen molar-refractivity contribution in [1.29, 1.82) is 0 Å².